The smallest absolute Gasteiger partial charge is 0.228 e. The summed E-state index contributed by atoms with van der Waals surface area (Å²) < 4.78 is 6.73. The van der Waals surface area contributed by atoms with E-state index < -0.39 is 0 Å². The predicted molar refractivity (Wildman–Crippen MR) is 120 cm³/mol. The largest absolute Gasteiger partial charge is 0.373 e. The number of piperidine rings is 1. The van der Waals surface area contributed by atoms with E-state index in [9.17, 15) is 9.59 Å². The second-order valence-electron chi connectivity index (χ2n) is 9.10. The molecule has 4 rings (SSSR count). The summed E-state index contributed by atoms with van der Waals surface area (Å²) in [6.45, 7) is 9.46. The van der Waals surface area contributed by atoms with Gasteiger partial charge in [0.05, 0.1) is 23.8 Å². The lowest BCUT2D eigenvalue weighted by Gasteiger charge is -2.39. The third-order valence-corrected chi connectivity index (χ3v) is 7.23. The Kier molecular flexibility index (Phi) is 6.80. The van der Waals surface area contributed by atoms with Crippen LogP contribution >= 0.6 is 15.9 Å². The van der Waals surface area contributed by atoms with Crippen LogP contribution in [0.5, 0.6) is 0 Å². The summed E-state index contributed by atoms with van der Waals surface area (Å²) in [4.78, 5) is 31.9. The van der Waals surface area contributed by atoms with Crippen molar-refractivity contribution in [3.63, 3.8) is 0 Å². The molecule has 3 heterocycles. The Bertz CT molecular complexity index is 771. The number of rotatable bonds is 4. The lowest BCUT2D eigenvalue weighted by atomic mass is 9.94. The number of morpholine rings is 1. The molecule has 3 aliphatic rings. The van der Waals surface area contributed by atoms with Gasteiger partial charge in [0, 0.05) is 50.2 Å². The molecule has 0 aromatic heterocycles. The highest BCUT2D eigenvalue weighted by molar-refractivity contribution is 9.10. The zero-order chi connectivity index (χ0) is 21.3. The van der Waals surface area contributed by atoms with Gasteiger partial charge in [-0.3, -0.25) is 14.5 Å². The quantitative estimate of drug-likeness (QED) is 0.668. The molecule has 0 spiro atoms. The molecular formula is C23H32BrN3O3. The van der Waals surface area contributed by atoms with Gasteiger partial charge in [-0.2, -0.15) is 0 Å². The zero-order valence-corrected chi connectivity index (χ0v) is 19.5. The second kappa shape index (κ2) is 9.37. The lowest BCUT2D eigenvalue weighted by molar-refractivity contribution is -0.137. The Hall–Kier alpha value is -1.44. The van der Waals surface area contributed by atoms with Crippen molar-refractivity contribution >= 4 is 33.4 Å². The number of likely N-dealkylation sites (tertiary alicyclic amines) is 1. The molecule has 1 aromatic rings. The molecule has 0 bridgehead atoms. The van der Waals surface area contributed by atoms with Crippen LogP contribution in [-0.2, 0) is 14.3 Å². The predicted octanol–water partition coefficient (Wildman–Crippen LogP) is 3.15. The second-order valence-corrected chi connectivity index (χ2v) is 9.96. The van der Waals surface area contributed by atoms with E-state index in [4.69, 9.17) is 4.74 Å². The Labute approximate surface area is 187 Å². The van der Waals surface area contributed by atoms with Gasteiger partial charge in [-0.1, -0.05) is 12.1 Å². The number of anilines is 1. The van der Waals surface area contributed by atoms with Crippen molar-refractivity contribution in [1.82, 2.24) is 9.80 Å². The van der Waals surface area contributed by atoms with Gasteiger partial charge in [0.2, 0.25) is 11.8 Å². The first-order valence-electron chi connectivity index (χ1n) is 11.1. The minimum atomic E-state index is -0.234. The van der Waals surface area contributed by atoms with Gasteiger partial charge in [0.25, 0.3) is 0 Å². The van der Waals surface area contributed by atoms with Crippen molar-refractivity contribution in [2.24, 2.45) is 11.8 Å². The van der Waals surface area contributed by atoms with Crippen LogP contribution < -0.4 is 4.90 Å². The lowest BCUT2D eigenvalue weighted by Crippen LogP contribution is -2.49. The summed E-state index contributed by atoms with van der Waals surface area (Å²) in [7, 11) is 0. The van der Waals surface area contributed by atoms with E-state index >= 15 is 0 Å². The van der Waals surface area contributed by atoms with Crippen LogP contribution in [0.3, 0.4) is 0 Å². The van der Waals surface area contributed by atoms with E-state index in [1.165, 1.54) is 0 Å². The summed E-state index contributed by atoms with van der Waals surface area (Å²) in [5.74, 6) is 0.575. The number of carbonyl (C=O) groups excluding carboxylic acids is 2. The number of halogens is 1. The van der Waals surface area contributed by atoms with Crippen molar-refractivity contribution < 1.29 is 14.3 Å². The Balaban J connectivity index is 1.28. The molecule has 3 atom stereocenters. The van der Waals surface area contributed by atoms with Crippen LogP contribution in [0.15, 0.2) is 28.7 Å². The van der Waals surface area contributed by atoms with Crippen LogP contribution in [0, 0.1) is 11.8 Å². The number of hydrogen-bond donors (Lipinski definition) is 0. The zero-order valence-electron chi connectivity index (χ0n) is 17.9. The summed E-state index contributed by atoms with van der Waals surface area (Å²) in [5, 5.41) is 0. The highest BCUT2D eigenvalue weighted by Gasteiger charge is 2.38. The number of amides is 2. The van der Waals surface area contributed by atoms with E-state index in [0.29, 0.717) is 31.1 Å². The fourth-order valence-corrected chi connectivity index (χ4v) is 5.67. The standard InChI is InChI=1S/C23H32BrN3O3/c1-16-12-25(13-17(2)30-16)14-18-7-9-26(10-8-18)23(29)19-11-22(28)27(15-19)21-6-4-3-5-20(21)24/h3-6,16-19H,7-15H2,1-2H3. The van der Waals surface area contributed by atoms with E-state index in [1.807, 2.05) is 29.2 Å². The average Bonchev–Trinajstić information content (AvgIpc) is 3.09. The molecule has 3 fully saturated rings. The molecule has 2 amide bonds. The maximum absolute atomic E-state index is 13.1. The maximum atomic E-state index is 13.1. The van der Waals surface area contributed by atoms with E-state index in [2.05, 4.69) is 34.7 Å². The number of carbonyl (C=O) groups is 2. The molecule has 0 aliphatic carbocycles. The monoisotopic (exact) mass is 477 g/mol. The molecule has 6 nitrogen and oxygen atoms in total. The third-order valence-electron chi connectivity index (χ3n) is 6.56. The first kappa shape index (κ1) is 21.8. The van der Waals surface area contributed by atoms with Gasteiger partial charge >= 0.3 is 0 Å². The summed E-state index contributed by atoms with van der Waals surface area (Å²) in [6, 6.07) is 7.70. The fraction of sp³-hybridized carbons (Fsp3) is 0.652. The molecule has 164 valence electrons. The van der Waals surface area contributed by atoms with Crippen LogP contribution in [-0.4, -0.2) is 73.1 Å². The fourth-order valence-electron chi connectivity index (χ4n) is 5.17. The molecule has 3 unspecified atom stereocenters. The number of para-hydroxylation sites is 1. The van der Waals surface area contributed by atoms with Crippen molar-refractivity contribution in [3.05, 3.63) is 28.7 Å². The minimum Gasteiger partial charge on any atom is -0.373 e. The molecule has 7 heteroatoms. The third kappa shape index (κ3) is 4.89. The van der Waals surface area contributed by atoms with Gasteiger partial charge < -0.3 is 14.5 Å². The highest BCUT2D eigenvalue weighted by atomic mass is 79.9. The summed E-state index contributed by atoms with van der Waals surface area (Å²) in [5.41, 5.74) is 0.852. The molecule has 1 aromatic carbocycles. The Morgan fingerprint density at radius 2 is 1.77 bits per heavy atom. The van der Waals surface area contributed by atoms with E-state index in [0.717, 1.165) is 55.7 Å². The topological polar surface area (TPSA) is 53.1 Å². The van der Waals surface area contributed by atoms with Crippen molar-refractivity contribution in [2.45, 2.75) is 45.3 Å². The van der Waals surface area contributed by atoms with Crippen LogP contribution in [0.4, 0.5) is 5.69 Å². The summed E-state index contributed by atoms with van der Waals surface area (Å²) in [6.07, 6.45) is 2.98. The van der Waals surface area contributed by atoms with Crippen molar-refractivity contribution in [1.29, 1.82) is 0 Å². The molecule has 3 saturated heterocycles. The van der Waals surface area contributed by atoms with Crippen molar-refractivity contribution in [3.8, 4) is 0 Å². The number of ether oxygens (including phenoxy) is 1. The van der Waals surface area contributed by atoms with Crippen LogP contribution in [0.25, 0.3) is 0 Å². The normalized spacial score (nSPS) is 28.9. The molecule has 0 saturated carbocycles. The SMILES string of the molecule is CC1CN(CC2CCN(C(=O)C3CC(=O)N(c4ccccc4Br)C3)CC2)CC(C)O1. The van der Waals surface area contributed by atoms with Gasteiger partial charge in [-0.25, -0.2) is 0 Å². The van der Waals surface area contributed by atoms with Crippen molar-refractivity contribution in [2.75, 3.05) is 44.2 Å². The van der Waals surface area contributed by atoms with Gasteiger partial charge in [0.1, 0.15) is 0 Å². The van der Waals surface area contributed by atoms with E-state index in [-0.39, 0.29) is 17.7 Å². The van der Waals surface area contributed by atoms with Gasteiger partial charge in [-0.05, 0) is 60.7 Å². The molecule has 30 heavy (non-hydrogen) atoms. The average molecular weight is 478 g/mol. The van der Waals surface area contributed by atoms with Crippen LogP contribution in [0.2, 0.25) is 0 Å². The molecular weight excluding hydrogens is 446 g/mol. The molecule has 3 aliphatic heterocycles. The molecule has 0 radical (unpaired) electrons. The molecule has 0 N–H and O–H groups in total. The first-order chi connectivity index (χ1) is 14.4. The number of benzene rings is 1. The first-order valence-corrected chi connectivity index (χ1v) is 11.9. The summed E-state index contributed by atoms with van der Waals surface area (Å²) >= 11 is 3.52. The highest BCUT2D eigenvalue weighted by Crippen LogP contribution is 2.32. The minimum absolute atomic E-state index is 0.0330. The maximum Gasteiger partial charge on any atom is 0.228 e. The number of nitrogens with zero attached hydrogens (tertiary/aromatic N) is 3. The van der Waals surface area contributed by atoms with E-state index in [1.54, 1.807) is 4.90 Å². The Morgan fingerprint density at radius 3 is 2.43 bits per heavy atom. The van der Waals surface area contributed by atoms with Gasteiger partial charge in [0.15, 0.2) is 0 Å². The number of hydrogen-bond acceptors (Lipinski definition) is 4. The van der Waals surface area contributed by atoms with Gasteiger partial charge in [-0.15, -0.1) is 0 Å². The van der Waals surface area contributed by atoms with Crippen LogP contribution in [0.1, 0.15) is 33.1 Å². The Morgan fingerprint density at radius 1 is 1.10 bits per heavy atom.